The van der Waals surface area contributed by atoms with Gasteiger partial charge in [-0.3, -0.25) is 19.7 Å². The van der Waals surface area contributed by atoms with Gasteiger partial charge < -0.3 is 19.3 Å². The first-order chi connectivity index (χ1) is 16.9. The highest BCUT2D eigenvalue weighted by Gasteiger charge is 2.58. The fourth-order valence-corrected chi connectivity index (χ4v) is 5.29. The Kier molecular flexibility index (Phi) is 8.23. The van der Waals surface area contributed by atoms with E-state index in [1.807, 2.05) is 19.9 Å². The minimum absolute atomic E-state index is 0.0428. The lowest BCUT2D eigenvalue weighted by Gasteiger charge is -2.40. The van der Waals surface area contributed by atoms with Crippen molar-refractivity contribution >= 4 is 12.1 Å². The average Bonchev–Trinajstić information content (AvgIpc) is 3.09. The lowest BCUT2D eigenvalue weighted by atomic mass is 9.85. The van der Waals surface area contributed by atoms with E-state index >= 15 is 0 Å². The third kappa shape index (κ3) is 5.61. The molecule has 9 nitrogen and oxygen atoms in total. The molecule has 196 valence electrons. The normalized spacial score (nSPS) is 22.1. The molecule has 1 amide bonds. The predicted molar refractivity (Wildman–Crippen MR) is 134 cm³/mol. The van der Waals surface area contributed by atoms with Crippen molar-refractivity contribution in [2.45, 2.75) is 64.6 Å². The van der Waals surface area contributed by atoms with Crippen molar-refractivity contribution < 1.29 is 28.9 Å². The number of hydrogen-bond acceptors (Lipinski definition) is 7. The van der Waals surface area contributed by atoms with E-state index in [0.29, 0.717) is 30.0 Å². The summed E-state index contributed by atoms with van der Waals surface area (Å²) >= 11 is 0. The van der Waals surface area contributed by atoms with Gasteiger partial charge in [0.1, 0.15) is 5.75 Å². The van der Waals surface area contributed by atoms with Crippen molar-refractivity contribution in [1.82, 2.24) is 14.9 Å². The predicted octanol–water partition coefficient (Wildman–Crippen LogP) is 5.07. The molecule has 3 atom stereocenters. The van der Waals surface area contributed by atoms with Crippen LogP contribution in [0.5, 0.6) is 5.75 Å². The number of hydrogen-bond donors (Lipinski definition) is 1. The zero-order chi connectivity index (χ0) is 26.7. The number of aromatic nitrogens is 2. The largest absolute Gasteiger partial charge is 0.507 e. The smallest absolute Gasteiger partial charge is 0.496 e. The van der Waals surface area contributed by atoms with E-state index < -0.39 is 17.9 Å². The Morgan fingerprint density at radius 3 is 2.47 bits per heavy atom. The van der Waals surface area contributed by atoms with Gasteiger partial charge in [-0.2, -0.15) is 0 Å². The number of rotatable bonds is 8. The molecule has 36 heavy (non-hydrogen) atoms. The summed E-state index contributed by atoms with van der Waals surface area (Å²) in [4.78, 5) is 36.5. The number of likely N-dealkylation sites (tertiary alicyclic amines) is 1. The fourth-order valence-electron chi connectivity index (χ4n) is 5.29. The first-order valence-corrected chi connectivity index (χ1v) is 12.1. The standard InChI is InChI=1S/C27H37N3O6/c1-17(2)13-27(36-25(32)33)14-19(16-34-6)23(21-15-28-10-11-29-21)30(27)24(31)18-8-9-20(26(3,4)5)22(12-18)35-7/h8-12,15,17,19,23H,13-14,16H2,1-7H3,(H,32,33)/t19-,23-,27+/m1/s1. The Morgan fingerprint density at radius 1 is 1.22 bits per heavy atom. The fraction of sp³-hybridized carbons (Fsp3) is 0.556. The number of nitrogens with zero attached hydrogens (tertiary/aromatic N) is 3. The van der Waals surface area contributed by atoms with E-state index in [4.69, 9.17) is 14.2 Å². The van der Waals surface area contributed by atoms with Gasteiger partial charge in [-0.25, -0.2) is 4.79 Å². The highest BCUT2D eigenvalue weighted by molar-refractivity contribution is 5.96. The molecular weight excluding hydrogens is 462 g/mol. The second-order valence-electron chi connectivity index (χ2n) is 10.7. The molecule has 9 heteroatoms. The van der Waals surface area contributed by atoms with Crippen LogP contribution < -0.4 is 4.74 Å². The molecule has 0 bridgehead atoms. The van der Waals surface area contributed by atoms with Gasteiger partial charge in [0.05, 0.1) is 31.6 Å². The van der Waals surface area contributed by atoms with Gasteiger partial charge in [0.2, 0.25) is 0 Å². The molecule has 1 aliphatic rings. The molecular formula is C27H37N3O6. The summed E-state index contributed by atoms with van der Waals surface area (Å²) in [5.41, 5.74) is 0.277. The third-order valence-corrected chi connectivity index (χ3v) is 6.49. The van der Waals surface area contributed by atoms with E-state index in [1.165, 1.54) is 0 Å². The number of carbonyl (C=O) groups excluding carboxylic acids is 1. The quantitative estimate of drug-likeness (QED) is 0.501. The zero-order valence-corrected chi connectivity index (χ0v) is 22.1. The molecule has 2 aromatic rings. The molecule has 3 rings (SSSR count). The molecule has 1 aliphatic heterocycles. The van der Waals surface area contributed by atoms with Crippen LogP contribution >= 0.6 is 0 Å². The minimum atomic E-state index is -1.44. The lowest BCUT2D eigenvalue weighted by Crippen LogP contribution is -2.52. The molecule has 1 aromatic heterocycles. The number of carboxylic acid groups (broad SMARTS) is 1. The monoisotopic (exact) mass is 499 g/mol. The van der Waals surface area contributed by atoms with Gasteiger partial charge in [0, 0.05) is 43.8 Å². The number of ether oxygens (including phenoxy) is 3. The molecule has 1 fully saturated rings. The van der Waals surface area contributed by atoms with E-state index in [1.54, 1.807) is 49.8 Å². The van der Waals surface area contributed by atoms with Gasteiger partial charge in [-0.1, -0.05) is 40.7 Å². The molecule has 0 radical (unpaired) electrons. The Hall–Kier alpha value is -3.20. The van der Waals surface area contributed by atoms with Crippen LogP contribution in [-0.2, 0) is 14.9 Å². The number of methoxy groups -OCH3 is 2. The minimum Gasteiger partial charge on any atom is -0.496 e. The SMILES string of the molecule is COC[C@H]1C[C@](CC(C)C)(OC(=O)O)N(C(=O)c2ccc(C(C)(C)C)c(OC)c2)[C@H]1c1cnccn1. The molecule has 1 N–H and O–H groups in total. The van der Waals surface area contributed by atoms with Crippen LogP contribution in [-0.4, -0.2) is 58.6 Å². The van der Waals surface area contributed by atoms with E-state index in [2.05, 4.69) is 30.7 Å². The van der Waals surface area contributed by atoms with Gasteiger partial charge in [-0.05, 0) is 29.0 Å². The lowest BCUT2D eigenvalue weighted by molar-refractivity contribution is -0.108. The van der Waals surface area contributed by atoms with Gasteiger partial charge >= 0.3 is 6.16 Å². The van der Waals surface area contributed by atoms with Crippen LogP contribution in [0.4, 0.5) is 4.79 Å². The van der Waals surface area contributed by atoms with Crippen molar-refractivity contribution in [3.8, 4) is 5.75 Å². The zero-order valence-electron chi connectivity index (χ0n) is 22.1. The summed E-state index contributed by atoms with van der Waals surface area (Å²) < 4.78 is 16.7. The summed E-state index contributed by atoms with van der Waals surface area (Å²) in [5.74, 6) is 0.00122. The summed E-state index contributed by atoms with van der Waals surface area (Å²) in [6.07, 6.45) is 3.87. The third-order valence-electron chi connectivity index (χ3n) is 6.49. The molecule has 1 aromatic carbocycles. The maximum Gasteiger partial charge on any atom is 0.507 e. The second-order valence-corrected chi connectivity index (χ2v) is 10.7. The van der Waals surface area contributed by atoms with Gasteiger partial charge in [0.25, 0.3) is 5.91 Å². The number of benzene rings is 1. The number of amides is 1. The van der Waals surface area contributed by atoms with Crippen LogP contribution in [0.25, 0.3) is 0 Å². The molecule has 1 saturated heterocycles. The van der Waals surface area contributed by atoms with Crippen LogP contribution in [0.3, 0.4) is 0 Å². The van der Waals surface area contributed by atoms with Crippen molar-refractivity contribution in [2.24, 2.45) is 11.8 Å². The highest BCUT2D eigenvalue weighted by atomic mass is 16.7. The Bertz CT molecular complexity index is 1070. The van der Waals surface area contributed by atoms with E-state index in [0.717, 1.165) is 5.56 Å². The van der Waals surface area contributed by atoms with Gasteiger partial charge in [-0.15, -0.1) is 0 Å². The Balaban J connectivity index is 2.22. The molecule has 0 aliphatic carbocycles. The second kappa shape index (κ2) is 10.8. The molecule has 0 spiro atoms. The van der Waals surface area contributed by atoms with E-state index in [-0.39, 0.29) is 29.6 Å². The summed E-state index contributed by atoms with van der Waals surface area (Å²) in [6, 6.07) is 4.75. The van der Waals surface area contributed by atoms with Crippen LogP contribution in [0.15, 0.2) is 36.8 Å². The van der Waals surface area contributed by atoms with E-state index in [9.17, 15) is 14.7 Å². The van der Waals surface area contributed by atoms with Crippen LogP contribution in [0.2, 0.25) is 0 Å². The summed E-state index contributed by atoms with van der Waals surface area (Å²) in [5, 5.41) is 9.76. The van der Waals surface area contributed by atoms with Crippen molar-refractivity contribution in [3.05, 3.63) is 53.6 Å². The van der Waals surface area contributed by atoms with Crippen molar-refractivity contribution in [2.75, 3.05) is 20.8 Å². The average molecular weight is 500 g/mol. The topological polar surface area (TPSA) is 111 Å². The Labute approximate surface area is 212 Å². The summed E-state index contributed by atoms with van der Waals surface area (Å²) in [7, 11) is 3.15. The summed E-state index contributed by atoms with van der Waals surface area (Å²) in [6.45, 7) is 10.4. The first-order valence-electron chi connectivity index (χ1n) is 12.1. The number of carbonyl (C=O) groups is 2. The van der Waals surface area contributed by atoms with Crippen LogP contribution in [0.1, 0.15) is 75.1 Å². The van der Waals surface area contributed by atoms with Crippen molar-refractivity contribution in [3.63, 3.8) is 0 Å². The highest BCUT2D eigenvalue weighted by Crippen LogP contribution is 2.50. The maximum absolute atomic E-state index is 14.3. The Morgan fingerprint density at radius 2 is 1.94 bits per heavy atom. The maximum atomic E-state index is 14.3. The molecule has 0 unspecified atom stereocenters. The van der Waals surface area contributed by atoms with Crippen LogP contribution in [0, 0.1) is 11.8 Å². The van der Waals surface area contributed by atoms with Crippen molar-refractivity contribution in [1.29, 1.82) is 0 Å². The first kappa shape index (κ1) is 27.4. The molecule has 2 heterocycles. The molecule has 0 saturated carbocycles. The van der Waals surface area contributed by atoms with Gasteiger partial charge in [0.15, 0.2) is 5.72 Å².